The number of benzene rings is 3. The standard InChI is InChI=1S/C26H21Cl2NO4/c1-14-7-6-9-17(11-14)29-22(18-10-5-4-8-15(18)2)21(24(31)26(29)32)23(30)16-12-19(27)25(33-3)20(28)13-16/h4-13,22,30H,1-3H3/b23-21+. The summed E-state index contributed by atoms with van der Waals surface area (Å²) in [5.41, 5.74) is 3.28. The molecule has 1 amide bonds. The average molecular weight is 482 g/mol. The van der Waals surface area contributed by atoms with E-state index in [2.05, 4.69) is 0 Å². The van der Waals surface area contributed by atoms with Gasteiger partial charge in [0.25, 0.3) is 11.7 Å². The first kappa shape index (κ1) is 22.9. The fourth-order valence-corrected chi connectivity index (χ4v) is 4.75. The molecular weight excluding hydrogens is 461 g/mol. The molecule has 5 nitrogen and oxygen atoms in total. The summed E-state index contributed by atoms with van der Waals surface area (Å²) in [5, 5.41) is 11.6. The third-order valence-electron chi connectivity index (χ3n) is 5.68. The van der Waals surface area contributed by atoms with Gasteiger partial charge < -0.3 is 9.84 Å². The molecule has 4 rings (SSSR count). The van der Waals surface area contributed by atoms with Crippen LogP contribution in [-0.2, 0) is 9.59 Å². The lowest BCUT2D eigenvalue weighted by Crippen LogP contribution is -2.29. The van der Waals surface area contributed by atoms with E-state index in [1.165, 1.54) is 24.1 Å². The van der Waals surface area contributed by atoms with Gasteiger partial charge in [-0.15, -0.1) is 0 Å². The molecule has 1 atom stereocenters. The number of carbonyl (C=O) groups is 2. The van der Waals surface area contributed by atoms with Crippen molar-refractivity contribution in [1.82, 2.24) is 0 Å². The summed E-state index contributed by atoms with van der Waals surface area (Å²) in [6.07, 6.45) is 0. The fraction of sp³-hybridized carbons (Fsp3) is 0.154. The zero-order chi connectivity index (χ0) is 23.9. The van der Waals surface area contributed by atoms with Gasteiger partial charge >= 0.3 is 0 Å². The number of amides is 1. The largest absolute Gasteiger partial charge is 0.507 e. The van der Waals surface area contributed by atoms with Crippen LogP contribution < -0.4 is 9.64 Å². The number of hydrogen-bond acceptors (Lipinski definition) is 4. The van der Waals surface area contributed by atoms with Crippen LogP contribution in [0.25, 0.3) is 5.76 Å². The molecule has 1 aliphatic rings. The molecule has 3 aromatic carbocycles. The highest BCUT2D eigenvalue weighted by Crippen LogP contribution is 2.44. The molecule has 168 valence electrons. The van der Waals surface area contributed by atoms with E-state index in [0.29, 0.717) is 5.69 Å². The molecule has 1 heterocycles. The summed E-state index contributed by atoms with van der Waals surface area (Å²) in [5.74, 6) is -1.61. The van der Waals surface area contributed by atoms with E-state index in [1.807, 2.05) is 56.3 Å². The number of Topliss-reactive ketones (excluding diaryl/α,β-unsaturated/α-hetero) is 1. The second-order valence-electron chi connectivity index (χ2n) is 7.84. The van der Waals surface area contributed by atoms with Crippen molar-refractivity contribution in [2.75, 3.05) is 12.0 Å². The number of aliphatic hydroxyl groups excluding tert-OH is 1. The van der Waals surface area contributed by atoms with Gasteiger partial charge in [0, 0.05) is 11.3 Å². The smallest absolute Gasteiger partial charge is 0.300 e. The molecule has 33 heavy (non-hydrogen) atoms. The van der Waals surface area contributed by atoms with Gasteiger partial charge in [0.05, 0.1) is 28.8 Å². The summed E-state index contributed by atoms with van der Waals surface area (Å²) in [6.45, 7) is 3.80. The Morgan fingerprint density at radius 2 is 1.64 bits per heavy atom. The lowest BCUT2D eigenvalue weighted by atomic mass is 9.92. The lowest BCUT2D eigenvalue weighted by molar-refractivity contribution is -0.132. The SMILES string of the molecule is COc1c(Cl)cc(/C(O)=C2\C(=O)C(=O)N(c3cccc(C)c3)C2c2ccccc2C)cc1Cl. The quantitative estimate of drug-likeness (QED) is 0.271. The Balaban J connectivity index is 1.99. The second-order valence-corrected chi connectivity index (χ2v) is 8.65. The molecule has 1 saturated heterocycles. The van der Waals surface area contributed by atoms with Gasteiger partial charge in [-0.2, -0.15) is 0 Å². The van der Waals surface area contributed by atoms with Crippen molar-refractivity contribution < 1.29 is 19.4 Å². The Kier molecular flexibility index (Phi) is 6.19. The topological polar surface area (TPSA) is 66.8 Å². The summed E-state index contributed by atoms with van der Waals surface area (Å²) in [4.78, 5) is 28.0. The Morgan fingerprint density at radius 1 is 0.970 bits per heavy atom. The van der Waals surface area contributed by atoms with Crippen LogP contribution in [0.5, 0.6) is 5.75 Å². The van der Waals surface area contributed by atoms with Gasteiger partial charge in [-0.3, -0.25) is 14.5 Å². The molecule has 3 aromatic rings. The molecule has 0 aromatic heterocycles. The predicted octanol–water partition coefficient (Wildman–Crippen LogP) is 6.25. The third-order valence-corrected chi connectivity index (χ3v) is 6.24. The molecule has 0 aliphatic carbocycles. The number of ether oxygens (including phenoxy) is 1. The van der Waals surface area contributed by atoms with E-state index in [-0.39, 0.29) is 32.7 Å². The maximum atomic E-state index is 13.3. The van der Waals surface area contributed by atoms with Crippen LogP contribution in [-0.4, -0.2) is 23.9 Å². The average Bonchev–Trinajstić information content (AvgIpc) is 3.04. The zero-order valence-corrected chi connectivity index (χ0v) is 19.7. The minimum atomic E-state index is -0.826. The number of ketones is 1. The Morgan fingerprint density at radius 3 is 2.24 bits per heavy atom. The van der Waals surface area contributed by atoms with Gasteiger partial charge in [0.15, 0.2) is 5.75 Å². The first-order valence-corrected chi connectivity index (χ1v) is 11.0. The van der Waals surface area contributed by atoms with Crippen molar-refractivity contribution in [2.24, 2.45) is 0 Å². The molecule has 0 bridgehead atoms. The van der Waals surface area contributed by atoms with Crippen molar-refractivity contribution >= 4 is 46.3 Å². The summed E-state index contributed by atoms with van der Waals surface area (Å²) >= 11 is 12.5. The van der Waals surface area contributed by atoms with Crippen LogP contribution >= 0.6 is 23.2 Å². The summed E-state index contributed by atoms with van der Waals surface area (Å²) in [7, 11) is 1.43. The first-order valence-electron chi connectivity index (χ1n) is 10.2. The minimum absolute atomic E-state index is 0.0342. The number of halogens is 2. The van der Waals surface area contributed by atoms with Crippen molar-refractivity contribution in [1.29, 1.82) is 0 Å². The van der Waals surface area contributed by atoms with Crippen LogP contribution in [0.4, 0.5) is 5.69 Å². The van der Waals surface area contributed by atoms with E-state index in [1.54, 1.807) is 6.07 Å². The normalized spacial score (nSPS) is 17.5. The highest BCUT2D eigenvalue weighted by atomic mass is 35.5. The number of methoxy groups -OCH3 is 1. The van der Waals surface area contributed by atoms with Crippen molar-refractivity contribution in [3.8, 4) is 5.75 Å². The molecular formula is C26H21Cl2NO4. The molecule has 1 N–H and O–H groups in total. The number of carbonyl (C=O) groups excluding carboxylic acids is 2. The third kappa shape index (κ3) is 3.99. The van der Waals surface area contributed by atoms with Crippen LogP contribution in [0.3, 0.4) is 0 Å². The predicted molar refractivity (Wildman–Crippen MR) is 130 cm³/mol. The molecule has 1 aliphatic heterocycles. The summed E-state index contributed by atoms with van der Waals surface area (Å²) < 4.78 is 5.18. The number of anilines is 1. The molecule has 0 spiro atoms. The van der Waals surface area contributed by atoms with Crippen LogP contribution in [0.2, 0.25) is 10.0 Å². The number of nitrogens with zero attached hydrogens (tertiary/aromatic N) is 1. The van der Waals surface area contributed by atoms with Crippen LogP contribution in [0.15, 0.2) is 66.2 Å². The van der Waals surface area contributed by atoms with Crippen molar-refractivity contribution in [3.63, 3.8) is 0 Å². The maximum Gasteiger partial charge on any atom is 0.300 e. The van der Waals surface area contributed by atoms with Crippen LogP contribution in [0, 0.1) is 13.8 Å². The van der Waals surface area contributed by atoms with Gasteiger partial charge in [-0.1, -0.05) is 59.6 Å². The lowest BCUT2D eigenvalue weighted by Gasteiger charge is -2.27. The molecule has 1 unspecified atom stereocenters. The fourth-order valence-electron chi connectivity index (χ4n) is 4.11. The van der Waals surface area contributed by atoms with Gasteiger partial charge in [-0.25, -0.2) is 0 Å². The number of hydrogen-bond donors (Lipinski definition) is 1. The van der Waals surface area contributed by atoms with Gasteiger partial charge in [-0.05, 0) is 54.8 Å². The van der Waals surface area contributed by atoms with E-state index in [4.69, 9.17) is 27.9 Å². The van der Waals surface area contributed by atoms with Crippen LogP contribution in [0.1, 0.15) is 28.3 Å². The number of rotatable bonds is 4. The van der Waals surface area contributed by atoms with Gasteiger partial charge in [0.1, 0.15) is 5.76 Å². The maximum absolute atomic E-state index is 13.3. The Hall–Kier alpha value is -3.28. The van der Waals surface area contributed by atoms with E-state index in [9.17, 15) is 14.7 Å². The molecule has 0 saturated carbocycles. The van der Waals surface area contributed by atoms with E-state index < -0.39 is 17.7 Å². The second kappa shape index (κ2) is 8.93. The summed E-state index contributed by atoms with van der Waals surface area (Å²) in [6, 6.07) is 16.9. The Bertz CT molecular complexity index is 1290. The molecule has 1 fully saturated rings. The highest BCUT2D eigenvalue weighted by Gasteiger charge is 2.47. The Labute approximate surface area is 201 Å². The first-order chi connectivity index (χ1) is 15.7. The zero-order valence-electron chi connectivity index (χ0n) is 18.2. The minimum Gasteiger partial charge on any atom is -0.507 e. The van der Waals surface area contributed by atoms with Crippen molar-refractivity contribution in [3.05, 3.63) is 98.5 Å². The monoisotopic (exact) mass is 481 g/mol. The molecule has 0 radical (unpaired) electrons. The van der Waals surface area contributed by atoms with E-state index >= 15 is 0 Å². The number of aryl methyl sites for hydroxylation is 2. The van der Waals surface area contributed by atoms with Gasteiger partial charge in [0.2, 0.25) is 0 Å². The number of aliphatic hydroxyl groups is 1. The van der Waals surface area contributed by atoms with E-state index in [0.717, 1.165) is 16.7 Å². The molecule has 7 heteroatoms. The van der Waals surface area contributed by atoms with Crippen molar-refractivity contribution in [2.45, 2.75) is 19.9 Å². The highest BCUT2D eigenvalue weighted by molar-refractivity contribution is 6.51.